The Labute approximate surface area is 103 Å². The van der Waals surface area contributed by atoms with Gasteiger partial charge in [-0.2, -0.15) is 0 Å². The van der Waals surface area contributed by atoms with Crippen molar-refractivity contribution >= 4 is 11.6 Å². The first-order valence-corrected chi connectivity index (χ1v) is 6.05. The molecule has 0 unspecified atom stereocenters. The highest BCUT2D eigenvalue weighted by Gasteiger charge is 2.26. The van der Waals surface area contributed by atoms with E-state index in [1.165, 1.54) is 16.7 Å². The first-order valence-electron chi connectivity index (χ1n) is 6.05. The second kappa shape index (κ2) is 4.49. The summed E-state index contributed by atoms with van der Waals surface area (Å²) in [6, 6.07) is 4.19. The zero-order valence-corrected chi connectivity index (χ0v) is 11.1. The van der Waals surface area contributed by atoms with Gasteiger partial charge >= 0.3 is 0 Å². The highest BCUT2D eigenvalue weighted by Crippen LogP contribution is 2.32. The van der Waals surface area contributed by atoms with Gasteiger partial charge in [-0.1, -0.05) is 6.07 Å². The van der Waals surface area contributed by atoms with Crippen LogP contribution in [0.4, 0.5) is 5.69 Å². The molecule has 1 aromatic carbocycles. The van der Waals surface area contributed by atoms with Gasteiger partial charge in [0.1, 0.15) is 0 Å². The van der Waals surface area contributed by atoms with Crippen LogP contribution < -0.4 is 4.90 Å². The molecule has 0 fully saturated rings. The summed E-state index contributed by atoms with van der Waals surface area (Å²) in [5.74, 6) is 0.192. The Morgan fingerprint density at radius 2 is 2.06 bits per heavy atom. The molecule has 17 heavy (non-hydrogen) atoms. The second-order valence-electron chi connectivity index (χ2n) is 5.04. The number of hydrogen-bond donors (Lipinski definition) is 0. The molecule has 2 rings (SSSR count). The number of benzene rings is 1. The first kappa shape index (κ1) is 12.1. The highest BCUT2D eigenvalue weighted by molar-refractivity contribution is 5.97. The zero-order valence-electron chi connectivity index (χ0n) is 11.1. The lowest BCUT2D eigenvalue weighted by atomic mass is 10.0. The largest absolute Gasteiger partial charge is 0.311 e. The van der Waals surface area contributed by atoms with Crippen LogP contribution in [0.5, 0.6) is 0 Å². The molecule has 0 saturated carbocycles. The van der Waals surface area contributed by atoms with E-state index in [1.54, 1.807) is 0 Å². The number of amides is 1. The zero-order chi connectivity index (χ0) is 12.6. The van der Waals surface area contributed by atoms with Crippen molar-refractivity contribution in [2.45, 2.75) is 20.3 Å². The molecule has 1 amide bonds. The smallest absolute Gasteiger partial charge is 0.241 e. The molecule has 92 valence electrons. The molecule has 0 spiro atoms. The summed E-state index contributed by atoms with van der Waals surface area (Å²) in [7, 11) is 3.85. The van der Waals surface area contributed by atoms with Crippen molar-refractivity contribution in [3.63, 3.8) is 0 Å². The molecular weight excluding hydrogens is 212 g/mol. The minimum absolute atomic E-state index is 0.192. The third kappa shape index (κ3) is 2.20. The van der Waals surface area contributed by atoms with E-state index in [0.29, 0.717) is 6.54 Å². The first-order chi connectivity index (χ1) is 8.00. The van der Waals surface area contributed by atoms with Gasteiger partial charge in [-0.25, -0.2) is 0 Å². The molecule has 0 N–H and O–H groups in total. The maximum atomic E-state index is 12.1. The topological polar surface area (TPSA) is 23.6 Å². The molecule has 0 aromatic heterocycles. The number of rotatable bonds is 2. The average molecular weight is 232 g/mol. The summed E-state index contributed by atoms with van der Waals surface area (Å²) in [6.07, 6.45) is 0.988. The lowest BCUT2D eigenvalue weighted by molar-refractivity contribution is -0.119. The molecule has 0 saturated heterocycles. The second-order valence-corrected chi connectivity index (χ2v) is 5.04. The number of carbonyl (C=O) groups excluding carboxylic acids is 1. The van der Waals surface area contributed by atoms with E-state index in [-0.39, 0.29) is 5.91 Å². The van der Waals surface area contributed by atoms with E-state index in [0.717, 1.165) is 18.7 Å². The van der Waals surface area contributed by atoms with Gasteiger partial charge in [0.05, 0.1) is 6.54 Å². The van der Waals surface area contributed by atoms with Crippen LogP contribution in [0.2, 0.25) is 0 Å². The fourth-order valence-corrected chi connectivity index (χ4v) is 2.39. The minimum Gasteiger partial charge on any atom is -0.311 e. The predicted molar refractivity (Wildman–Crippen MR) is 70.5 cm³/mol. The number of anilines is 1. The molecular formula is C14H20N2O. The third-order valence-corrected chi connectivity index (χ3v) is 3.47. The molecule has 3 nitrogen and oxygen atoms in total. The maximum absolute atomic E-state index is 12.1. The van der Waals surface area contributed by atoms with Gasteiger partial charge in [0.2, 0.25) is 5.91 Å². The van der Waals surface area contributed by atoms with Gasteiger partial charge in [-0.05, 0) is 57.1 Å². The molecule has 0 radical (unpaired) electrons. The lowest BCUT2D eigenvalue weighted by Gasteiger charge is -2.20. The van der Waals surface area contributed by atoms with Crippen LogP contribution in [-0.4, -0.2) is 38.0 Å². The summed E-state index contributed by atoms with van der Waals surface area (Å²) in [4.78, 5) is 15.9. The molecule has 1 aliphatic heterocycles. The van der Waals surface area contributed by atoms with Gasteiger partial charge < -0.3 is 9.80 Å². The van der Waals surface area contributed by atoms with Crippen molar-refractivity contribution < 1.29 is 4.79 Å². The van der Waals surface area contributed by atoms with E-state index < -0.39 is 0 Å². The van der Waals surface area contributed by atoms with E-state index in [1.807, 2.05) is 23.9 Å². The van der Waals surface area contributed by atoms with Crippen molar-refractivity contribution in [1.82, 2.24) is 4.90 Å². The molecule has 3 heteroatoms. The summed E-state index contributed by atoms with van der Waals surface area (Å²) in [5, 5.41) is 0. The van der Waals surface area contributed by atoms with Crippen LogP contribution in [-0.2, 0) is 11.2 Å². The summed E-state index contributed by atoms with van der Waals surface area (Å²) in [5.41, 5.74) is 5.10. The Morgan fingerprint density at radius 3 is 2.71 bits per heavy atom. The number of nitrogens with zero attached hydrogens (tertiary/aromatic N) is 2. The van der Waals surface area contributed by atoms with Crippen molar-refractivity contribution in [3.8, 4) is 0 Å². The van der Waals surface area contributed by atoms with Crippen LogP contribution in [0.1, 0.15) is 16.7 Å². The van der Waals surface area contributed by atoms with Crippen molar-refractivity contribution in [2.75, 3.05) is 32.1 Å². The predicted octanol–water partition coefficient (Wildman–Crippen LogP) is 1.75. The molecule has 0 aliphatic carbocycles. The summed E-state index contributed by atoms with van der Waals surface area (Å²) >= 11 is 0. The Balaban J connectivity index is 2.29. The van der Waals surface area contributed by atoms with E-state index >= 15 is 0 Å². The number of fused-ring (bicyclic) bond motifs is 1. The van der Waals surface area contributed by atoms with Gasteiger partial charge in [0.25, 0.3) is 0 Å². The Hall–Kier alpha value is -1.35. The van der Waals surface area contributed by atoms with Crippen LogP contribution >= 0.6 is 0 Å². The van der Waals surface area contributed by atoms with Crippen LogP contribution in [0.3, 0.4) is 0 Å². The van der Waals surface area contributed by atoms with E-state index in [9.17, 15) is 4.79 Å². The Morgan fingerprint density at radius 1 is 1.35 bits per heavy atom. The number of likely N-dealkylation sites (N-methyl/N-ethyl adjacent to an activating group) is 1. The van der Waals surface area contributed by atoms with Crippen LogP contribution in [0.25, 0.3) is 0 Å². The molecule has 0 bridgehead atoms. The molecule has 1 aliphatic rings. The third-order valence-electron chi connectivity index (χ3n) is 3.47. The van der Waals surface area contributed by atoms with E-state index in [2.05, 4.69) is 26.0 Å². The van der Waals surface area contributed by atoms with E-state index in [4.69, 9.17) is 0 Å². The van der Waals surface area contributed by atoms with Crippen LogP contribution in [0.15, 0.2) is 12.1 Å². The SMILES string of the molecule is Cc1ccc2c(c1C)CCN2C(=O)CN(C)C. The number of hydrogen-bond acceptors (Lipinski definition) is 2. The van der Waals surface area contributed by atoms with Gasteiger partial charge in [-0.3, -0.25) is 4.79 Å². The average Bonchev–Trinajstić information content (AvgIpc) is 2.67. The minimum atomic E-state index is 0.192. The quantitative estimate of drug-likeness (QED) is 0.775. The molecule has 1 heterocycles. The maximum Gasteiger partial charge on any atom is 0.241 e. The Kier molecular flexibility index (Phi) is 3.20. The fraction of sp³-hybridized carbons (Fsp3) is 0.500. The van der Waals surface area contributed by atoms with Crippen molar-refractivity contribution in [3.05, 3.63) is 28.8 Å². The van der Waals surface area contributed by atoms with Gasteiger partial charge in [-0.15, -0.1) is 0 Å². The monoisotopic (exact) mass is 232 g/mol. The lowest BCUT2D eigenvalue weighted by Crippen LogP contribution is -2.36. The van der Waals surface area contributed by atoms with Gasteiger partial charge in [0.15, 0.2) is 0 Å². The number of aryl methyl sites for hydroxylation is 1. The Bertz CT molecular complexity index is 452. The normalized spacial score (nSPS) is 14.3. The standard InChI is InChI=1S/C14H20N2O/c1-10-5-6-13-12(11(10)2)7-8-16(13)14(17)9-15(3)4/h5-6H,7-9H2,1-4H3. The van der Waals surface area contributed by atoms with Crippen molar-refractivity contribution in [1.29, 1.82) is 0 Å². The summed E-state index contributed by atoms with van der Waals surface area (Å²) in [6.45, 7) is 5.58. The summed E-state index contributed by atoms with van der Waals surface area (Å²) < 4.78 is 0. The number of carbonyl (C=O) groups is 1. The van der Waals surface area contributed by atoms with Crippen molar-refractivity contribution in [2.24, 2.45) is 0 Å². The fourth-order valence-electron chi connectivity index (χ4n) is 2.39. The highest BCUT2D eigenvalue weighted by atomic mass is 16.2. The molecule has 1 aromatic rings. The molecule has 0 atom stereocenters. The van der Waals surface area contributed by atoms with Crippen LogP contribution in [0, 0.1) is 13.8 Å². The van der Waals surface area contributed by atoms with Gasteiger partial charge in [0, 0.05) is 12.2 Å².